The first kappa shape index (κ1) is 10.4. The lowest BCUT2D eigenvalue weighted by atomic mass is 10.2. The maximum Gasteiger partial charge on any atom is 0.331 e. The average molecular weight is 202 g/mol. The normalized spacial score (nSPS) is 26.8. The third-order valence-electron chi connectivity index (χ3n) is 2.03. The van der Waals surface area contributed by atoms with Crippen molar-refractivity contribution >= 4 is 16.8 Å². The lowest BCUT2D eigenvalue weighted by Gasteiger charge is -2.00. The van der Waals surface area contributed by atoms with Crippen LogP contribution in [0.3, 0.4) is 0 Å². The number of ether oxygens (including phenoxy) is 1. The second kappa shape index (κ2) is 5.17. The minimum absolute atomic E-state index is 0.398. The molecule has 0 amide bonds. The molecule has 4 heteroatoms. The molecule has 0 aromatic rings. The van der Waals surface area contributed by atoms with Gasteiger partial charge in [-0.05, 0) is 19.3 Å². The van der Waals surface area contributed by atoms with E-state index < -0.39 is 16.8 Å². The van der Waals surface area contributed by atoms with Crippen LogP contribution in [0.15, 0.2) is 11.0 Å². The van der Waals surface area contributed by atoms with Gasteiger partial charge in [-0.2, -0.15) is 0 Å². The molecule has 0 N–H and O–H groups in total. The van der Waals surface area contributed by atoms with E-state index in [-0.39, 0.29) is 0 Å². The second-order valence-electron chi connectivity index (χ2n) is 2.99. The van der Waals surface area contributed by atoms with Gasteiger partial charge in [0, 0.05) is 27.5 Å². The zero-order valence-corrected chi connectivity index (χ0v) is 8.56. The minimum Gasteiger partial charge on any atom is -0.466 e. The number of allylic oxidation sites excluding steroid dienone is 1. The first-order valence-corrected chi connectivity index (χ1v) is 5.73. The molecule has 0 aliphatic carbocycles. The Morgan fingerprint density at radius 1 is 1.46 bits per heavy atom. The fourth-order valence-corrected chi connectivity index (χ4v) is 2.61. The molecule has 3 nitrogen and oxygen atoms in total. The van der Waals surface area contributed by atoms with Gasteiger partial charge in [-0.25, -0.2) is 4.79 Å². The fourth-order valence-electron chi connectivity index (χ4n) is 1.28. The van der Waals surface area contributed by atoms with E-state index in [9.17, 15) is 9.00 Å². The van der Waals surface area contributed by atoms with Gasteiger partial charge in [-0.1, -0.05) is 6.42 Å². The quantitative estimate of drug-likeness (QED) is 0.476. The molecule has 0 radical (unpaired) electrons. The standard InChI is InChI=1S/C9H14O3S/c1-12-9(10)7-8-5-3-2-4-6-13(8)11/h7H,2-6H2,1H3/b8-7+. The number of methoxy groups -OCH3 is 1. The summed E-state index contributed by atoms with van der Waals surface area (Å²) in [6.45, 7) is 0. The molecular formula is C9H14O3S. The van der Waals surface area contributed by atoms with Crippen molar-refractivity contribution in [3.05, 3.63) is 11.0 Å². The summed E-state index contributed by atoms with van der Waals surface area (Å²) in [6, 6.07) is 0. The van der Waals surface area contributed by atoms with E-state index in [0.29, 0.717) is 5.75 Å². The Morgan fingerprint density at radius 2 is 2.23 bits per heavy atom. The Morgan fingerprint density at radius 3 is 2.92 bits per heavy atom. The summed E-state index contributed by atoms with van der Waals surface area (Å²) in [5, 5.41) is 0. The van der Waals surface area contributed by atoms with Gasteiger partial charge < -0.3 is 4.74 Å². The summed E-state index contributed by atoms with van der Waals surface area (Å²) in [6.07, 6.45) is 5.26. The van der Waals surface area contributed by atoms with Gasteiger partial charge in [0.05, 0.1) is 7.11 Å². The number of rotatable bonds is 1. The first-order chi connectivity index (χ1) is 6.24. The Hall–Kier alpha value is -0.640. The van der Waals surface area contributed by atoms with E-state index in [1.807, 2.05) is 0 Å². The molecule has 0 aromatic heterocycles. The van der Waals surface area contributed by atoms with Crippen molar-refractivity contribution in [2.75, 3.05) is 12.9 Å². The number of carbonyl (C=O) groups excluding carboxylic acids is 1. The molecule has 0 saturated carbocycles. The van der Waals surface area contributed by atoms with Crippen molar-refractivity contribution < 1.29 is 13.7 Å². The first-order valence-electron chi connectivity index (χ1n) is 4.41. The Kier molecular flexibility index (Phi) is 4.15. The molecule has 0 spiro atoms. The lowest BCUT2D eigenvalue weighted by molar-refractivity contribution is -0.134. The molecule has 0 aromatic carbocycles. The molecule has 1 aliphatic rings. The third kappa shape index (κ3) is 3.30. The van der Waals surface area contributed by atoms with Gasteiger partial charge in [0.1, 0.15) is 0 Å². The molecule has 74 valence electrons. The van der Waals surface area contributed by atoms with E-state index in [4.69, 9.17) is 0 Å². The average Bonchev–Trinajstić information content (AvgIpc) is 2.32. The van der Waals surface area contributed by atoms with Gasteiger partial charge in [-0.3, -0.25) is 4.21 Å². The SMILES string of the molecule is COC(=O)/C=C1\CCCCCS1=O. The number of esters is 1. The van der Waals surface area contributed by atoms with E-state index in [0.717, 1.165) is 30.6 Å². The van der Waals surface area contributed by atoms with Gasteiger partial charge in [0.25, 0.3) is 0 Å². The van der Waals surface area contributed by atoms with Crippen molar-refractivity contribution in [3.8, 4) is 0 Å². The van der Waals surface area contributed by atoms with Crippen molar-refractivity contribution in [2.24, 2.45) is 0 Å². The lowest BCUT2D eigenvalue weighted by Crippen LogP contribution is -2.02. The van der Waals surface area contributed by atoms with Gasteiger partial charge >= 0.3 is 5.97 Å². The molecule has 1 heterocycles. The van der Waals surface area contributed by atoms with E-state index in [2.05, 4.69) is 4.74 Å². The zero-order valence-electron chi connectivity index (χ0n) is 7.75. The molecule has 1 saturated heterocycles. The summed E-state index contributed by atoms with van der Waals surface area (Å²) < 4.78 is 16.0. The largest absolute Gasteiger partial charge is 0.466 e. The summed E-state index contributed by atoms with van der Waals surface area (Å²) in [5.74, 6) is 0.285. The van der Waals surface area contributed by atoms with Crippen LogP contribution in [0.25, 0.3) is 0 Å². The van der Waals surface area contributed by atoms with Crippen LogP contribution in [-0.2, 0) is 20.3 Å². The maximum absolute atomic E-state index is 11.5. The van der Waals surface area contributed by atoms with Gasteiger partial charge in [0.15, 0.2) is 0 Å². The number of hydrogen-bond donors (Lipinski definition) is 0. The molecule has 0 bridgehead atoms. The highest BCUT2D eigenvalue weighted by Crippen LogP contribution is 2.19. The van der Waals surface area contributed by atoms with Gasteiger partial charge in [0.2, 0.25) is 0 Å². The van der Waals surface area contributed by atoms with Crippen molar-refractivity contribution in [1.82, 2.24) is 0 Å². The highest BCUT2D eigenvalue weighted by Gasteiger charge is 2.13. The molecule has 1 fully saturated rings. The minimum atomic E-state index is -0.957. The summed E-state index contributed by atoms with van der Waals surface area (Å²) in [5.41, 5.74) is 0. The Labute approximate surface area is 80.6 Å². The number of carbonyl (C=O) groups is 1. The fraction of sp³-hybridized carbons (Fsp3) is 0.667. The molecule has 1 atom stereocenters. The topological polar surface area (TPSA) is 43.4 Å². The van der Waals surface area contributed by atoms with E-state index in [1.165, 1.54) is 13.2 Å². The van der Waals surface area contributed by atoms with Gasteiger partial charge in [-0.15, -0.1) is 0 Å². The van der Waals surface area contributed by atoms with Crippen molar-refractivity contribution in [1.29, 1.82) is 0 Å². The van der Waals surface area contributed by atoms with Crippen LogP contribution in [0.5, 0.6) is 0 Å². The highest BCUT2D eigenvalue weighted by atomic mass is 32.2. The monoisotopic (exact) mass is 202 g/mol. The Bertz CT molecular complexity index is 245. The van der Waals surface area contributed by atoms with Crippen LogP contribution < -0.4 is 0 Å². The maximum atomic E-state index is 11.5. The summed E-state index contributed by atoms with van der Waals surface area (Å²) >= 11 is 0. The molecular weight excluding hydrogens is 188 g/mol. The highest BCUT2D eigenvalue weighted by molar-refractivity contribution is 7.89. The molecule has 13 heavy (non-hydrogen) atoms. The molecule has 1 unspecified atom stereocenters. The van der Waals surface area contributed by atoms with Crippen molar-refractivity contribution in [3.63, 3.8) is 0 Å². The van der Waals surface area contributed by atoms with Crippen LogP contribution in [0.1, 0.15) is 25.7 Å². The van der Waals surface area contributed by atoms with E-state index in [1.54, 1.807) is 0 Å². The predicted molar refractivity (Wildman–Crippen MR) is 51.6 cm³/mol. The molecule has 1 aliphatic heterocycles. The van der Waals surface area contributed by atoms with Crippen LogP contribution in [-0.4, -0.2) is 23.0 Å². The van der Waals surface area contributed by atoms with Crippen LogP contribution >= 0.6 is 0 Å². The zero-order chi connectivity index (χ0) is 9.68. The second-order valence-corrected chi connectivity index (χ2v) is 4.62. The summed E-state index contributed by atoms with van der Waals surface area (Å²) in [4.78, 5) is 11.6. The van der Waals surface area contributed by atoms with Crippen LogP contribution in [0, 0.1) is 0 Å². The summed E-state index contributed by atoms with van der Waals surface area (Å²) in [7, 11) is 0.375. The van der Waals surface area contributed by atoms with Crippen LogP contribution in [0.4, 0.5) is 0 Å². The number of hydrogen-bond acceptors (Lipinski definition) is 3. The van der Waals surface area contributed by atoms with Crippen LogP contribution in [0.2, 0.25) is 0 Å². The smallest absolute Gasteiger partial charge is 0.331 e. The third-order valence-corrected chi connectivity index (χ3v) is 3.59. The Balaban J connectivity index is 2.69. The molecule has 1 rings (SSSR count). The van der Waals surface area contributed by atoms with Crippen molar-refractivity contribution in [2.45, 2.75) is 25.7 Å². The van der Waals surface area contributed by atoms with E-state index >= 15 is 0 Å². The predicted octanol–water partition coefficient (Wildman–Crippen LogP) is 1.37.